The van der Waals surface area contributed by atoms with E-state index < -0.39 is 23.8 Å². The number of ether oxygens (including phenoxy) is 1. The first-order valence-electron chi connectivity index (χ1n) is 12.7. The number of aromatic nitrogens is 1. The second-order valence-corrected chi connectivity index (χ2v) is 10.5. The highest BCUT2D eigenvalue weighted by Gasteiger charge is 2.30. The van der Waals surface area contributed by atoms with E-state index in [1.165, 1.54) is 23.5 Å². The van der Waals surface area contributed by atoms with Gasteiger partial charge in [0.05, 0.1) is 11.3 Å². The van der Waals surface area contributed by atoms with Gasteiger partial charge >= 0.3 is 12.1 Å². The van der Waals surface area contributed by atoms with Crippen LogP contribution in [-0.2, 0) is 23.8 Å². The average molecular weight is 548 g/mol. The van der Waals surface area contributed by atoms with Crippen molar-refractivity contribution in [1.29, 1.82) is 0 Å². The number of carboxylic acid groups (broad SMARTS) is 1. The number of nitrogens with zero attached hydrogens (tertiary/aromatic N) is 1. The summed E-state index contributed by atoms with van der Waals surface area (Å²) in [6, 6.07) is 10.1. The van der Waals surface area contributed by atoms with E-state index in [9.17, 15) is 27.9 Å². The number of alkyl halides is 3. The molecule has 38 heavy (non-hydrogen) atoms. The summed E-state index contributed by atoms with van der Waals surface area (Å²) in [4.78, 5) is 30.1. The van der Waals surface area contributed by atoms with Crippen LogP contribution in [0.1, 0.15) is 84.9 Å². The lowest BCUT2D eigenvalue weighted by Gasteiger charge is -2.17. The molecule has 3 rings (SSSR count). The van der Waals surface area contributed by atoms with Gasteiger partial charge in [-0.15, -0.1) is 11.3 Å². The van der Waals surface area contributed by atoms with Gasteiger partial charge in [0, 0.05) is 22.4 Å². The number of hydrogen-bond donors (Lipinski definition) is 1. The molecule has 1 atom stereocenters. The van der Waals surface area contributed by atoms with Crippen LogP contribution in [0.3, 0.4) is 0 Å². The van der Waals surface area contributed by atoms with E-state index in [1.807, 2.05) is 20.8 Å². The molecule has 2 aromatic carbocycles. The topological polar surface area (TPSA) is 76.5 Å². The lowest BCUT2D eigenvalue weighted by molar-refractivity contribution is -0.145. The van der Waals surface area contributed by atoms with Crippen molar-refractivity contribution in [3.8, 4) is 16.3 Å². The maximum atomic E-state index is 13.1. The molecule has 0 aliphatic rings. The number of benzene rings is 2. The zero-order valence-electron chi connectivity index (χ0n) is 21.9. The average Bonchev–Trinajstić information content (AvgIpc) is 3.30. The van der Waals surface area contributed by atoms with Crippen molar-refractivity contribution >= 4 is 23.1 Å². The number of carbonyl (C=O) groups is 2. The fraction of sp³-hybridized carbons (Fsp3) is 0.414. The number of Topliss-reactive ketones (excluding diaryl/α,β-unsaturated/α-hetero) is 1. The summed E-state index contributed by atoms with van der Waals surface area (Å²) in [6.07, 6.45) is -2.87. The zero-order chi connectivity index (χ0) is 28.0. The van der Waals surface area contributed by atoms with E-state index in [0.29, 0.717) is 41.1 Å². The summed E-state index contributed by atoms with van der Waals surface area (Å²) in [5.74, 6) is -0.522. The maximum absolute atomic E-state index is 13.1. The van der Waals surface area contributed by atoms with Crippen LogP contribution in [0.4, 0.5) is 13.2 Å². The smallest absolute Gasteiger partial charge is 0.416 e. The monoisotopic (exact) mass is 547 g/mol. The normalized spacial score (nSPS) is 12.5. The molecule has 0 saturated carbocycles. The van der Waals surface area contributed by atoms with Crippen molar-refractivity contribution in [1.82, 2.24) is 4.98 Å². The second-order valence-electron chi connectivity index (χ2n) is 9.41. The molecule has 0 amide bonds. The van der Waals surface area contributed by atoms with Gasteiger partial charge in [0.2, 0.25) is 0 Å². The minimum atomic E-state index is -4.40. The van der Waals surface area contributed by atoms with Gasteiger partial charge in [-0.2, -0.15) is 13.2 Å². The van der Waals surface area contributed by atoms with Gasteiger partial charge in [0.15, 0.2) is 11.9 Å². The highest BCUT2D eigenvalue weighted by Crippen LogP contribution is 2.35. The van der Waals surface area contributed by atoms with Crippen LogP contribution in [0.2, 0.25) is 0 Å². The predicted molar refractivity (Wildman–Crippen MR) is 142 cm³/mol. The van der Waals surface area contributed by atoms with Crippen LogP contribution in [0.25, 0.3) is 10.6 Å². The molecule has 1 heterocycles. The van der Waals surface area contributed by atoms with Gasteiger partial charge in [0.25, 0.3) is 0 Å². The Balaban J connectivity index is 1.78. The summed E-state index contributed by atoms with van der Waals surface area (Å²) < 4.78 is 44.5. The Morgan fingerprint density at radius 1 is 1.05 bits per heavy atom. The standard InChI is InChI=1S/C29H32F3NO4S/c1-5-7-20-16-19(10-14-24(20)37-23(6-2)28(35)36)22(34)13-15-25-26(17(3)4)33-27(38-25)18-8-11-21(12-9-18)29(30,31)32/h8-12,14,16-17,23H,5-7,13,15H2,1-4H3,(H,35,36). The number of carbonyl (C=O) groups excluding carboxylic acids is 1. The Kier molecular flexibility index (Phi) is 9.71. The number of halogens is 3. The molecule has 1 aromatic heterocycles. The molecule has 3 aromatic rings. The van der Waals surface area contributed by atoms with Crippen molar-refractivity contribution in [2.75, 3.05) is 0 Å². The third kappa shape index (κ3) is 7.22. The second kappa shape index (κ2) is 12.6. The molecule has 0 bridgehead atoms. The first-order valence-corrected chi connectivity index (χ1v) is 13.5. The number of ketones is 1. The van der Waals surface area contributed by atoms with Crippen LogP contribution in [0.5, 0.6) is 5.75 Å². The largest absolute Gasteiger partial charge is 0.479 e. The van der Waals surface area contributed by atoms with E-state index in [1.54, 1.807) is 25.1 Å². The van der Waals surface area contributed by atoms with Crippen molar-refractivity contribution in [3.63, 3.8) is 0 Å². The minimum Gasteiger partial charge on any atom is -0.479 e. The number of thiazole rings is 1. The van der Waals surface area contributed by atoms with E-state index in [2.05, 4.69) is 4.98 Å². The molecule has 9 heteroatoms. The number of hydrogen-bond acceptors (Lipinski definition) is 5. The van der Waals surface area contributed by atoms with Crippen LogP contribution in [0.15, 0.2) is 42.5 Å². The van der Waals surface area contributed by atoms with E-state index in [4.69, 9.17) is 4.74 Å². The van der Waals surface area contributed by atoms with Crippen molar-refractivity contribution in [2.24, 2.45) is 0 Å². The lowest BCUT2D eigenvalue weighted by Crippen LogP contribution is -2.26. The summed E-state index contributed by atoms with van der Waals surface area (Å²) in [7, 11) is 0. The summed E-state index contributed by atoms with van der Waals surface area (Å²) in [6.45, 7) is 7.73. The van der Waals surface area contributed by atoms with E-state index >= 15 is 0 Å². The number of aliphatic carboxylic acids is 1. The SMILES string of the molecule is CCCc1cc(C(=O)CCc2sc(-c3ccc(C(F)(F)F)cc3)nc2C(C)C)ccc1OC(CC)C(=O)O. The summed E-state index contributed by atoms with van der Waals surface area (Å²) >= 11 is 1.40. The molecular weight excluding hydrogens is 515 g/mol. The van der Waals surface area contributed by atoms with E-state index in [-0.39, 0.29) is 18.1 Å². The van der Waals surface area contributed by atoms with Gasteiger partial charge in [-0.05, 0) is 61.1 Å². The Morgan fingerprint density at radius 3 is 2.29 bits per heavy atom. The van der Waals surface area contributed by atoms with Gasteiger partial charge in [-0.3, -0.25) is 4.79 Å². The molecule has 1 N–H and O–H groups in total. The highest BCUT2D eigenvalue weighted by atomic mass is 32.1. The fourth-order valence-electron chi connectivity index (χ4n) is 4.08. The van der Waals surface area contributed by atoms with Crippen LogP contribution >= 0.6 is 11.3 Å². The van der Waals surface area contributed by atoms with Gasteiger partial charge < -0.3 is 9.84 Å². The molecule has 1 unspecified atom stereocenters. The number of aryl methyl sites for hydroxylation is 2. The van der Waals surface area contributed by atoms with Gasteiger partial charge in [0.1, 0.15) is 10.8 Å². The van der Waals surface area contributed by atoms with Crippen LogP contribution in [-0.4, -0.2) is 27.9 Å². The van der Waals surface area contributed by atoms with Gasteiger partial charge in [-0.1, -0.05) is 46.2 Å². The Bertz CT molecular complexity index is 1270. The van der Waals surface area contributed by atoms with Crippen molar-refractivity contribution < 1.29 is 32.6 Å². The van der Waals surface area contributed by atoms with E-state index in [0.717, 1.165) is 34.7 Å². The fourth-order valence-corrected chi connectivity index (χ4v) is 5.31. The highest BCUT2D eigenvalue weighted by molar-refractivity contribution is 7.15. The first kappa shape index (κ1) is 29.4. The van der Waals surface area contributed by atoms with Crippen molar-refractivity contribution in [3.05, 3.63) is 69.7 Å². The van der Waals surface area contributed by atoms with Crippen LogP contribution in [0, 0.1) is 0 Å². The molecule has 0 radical (unpaired) electrons. The molecular formula is C29H32F3NO4S. The summed E-state index contributed by atoms with van der Waals surface area (Å²) in [5.41, 5.74) is 2.06. The Morgan fingerprint density at radius 2 is 1.74 bits per heavy atom. The molecule has 0 saturated heterocycles. The first-order chi connectivity index (χ1) is 17.9. The maximum Gasteiger partial charge on any atom is 0.416 e. The third-order valence-electron chi connectivity index (χ3n) is 6.13. The van der Waals surface area contributed by atoms with Crippen LogP contribution < -0.4 is 4.74 Å². The third-order valence-corrected chi connectivity index (χ3v) is 7.31. The Labute approximate surface area is 224 Å². The molecule has 5 nitrogen and oxygen atoms in total. The van der Waals surface area contributed by atoms with Gasteiger partial charge in [-0.25, -0.2) is 9.78 Å². The lowest BCUT2D eigenvalue weighted by atomic mass is 9.99. The molecule has 0 spiro atoms. The van der Waals surface area contributed by atoms with Crippen molar-refractivity contribution in [2.45, 2.75) is 78.0 Å². The zero-order valence-corrected chi connectivity index (χ0v) is 22.7. The molecule has 204 valence electrons. The number of carboxylic acids is 1. The molecule has 0 aliphatic carbocycles. The minimum absolute atomic E-state index is 0.0571. The number of rotatable bonds is 12. The Hall–Kier alpha value is -3.20. The predicted octanol–water partition coefficient (Wildman–Crippen LogP) is 7.96. The summed E-state index contributed by atoms with van der Waals surface area (Å²) in [5, 5.41) is 9.95. The molecule has 0 aliphatic heterocycles. The quantitative estimate of drug-likeness (QED) is 0.233. The molecule has 0 fully saturated rings.